The van der Waals surface area contributed by atoms with Crippen molar-refractivity contribution in [3.05, 3.63) is 112 Å². The minimum absolute atomic E-state index is 0.0303. The zero-order valence-corrected chi connectivity index (χ0v) is 19.1. The summed E-state index contributed by atoms with van der Waals surface area (Å²) < 4.78 is 5.76. The minimum Gasteiger partial charge on any atom is -0.420 e. The predicted molar refractivity (Wildman–Crippen MR) is 131 cm³/mol. The number of para-hydroxylation sites is 1. The Hall–Kier alpha value is -4.54. The van der Waals surface area contributed by atoms with Gasteiger partial charge in [0.05, 0.1) is 17.8 Å². The van der Waals surface area contributed by atoms with Crippen molar-refractivity contribution in [1.82, 2.24) is 10.2 Å². The Morgan fingerprint density at radius 3 is 2.54 bits per heavy atom. The summed E-state index contributed by atoms with van der Waals surface area (Å²) in [6.07, 6.45) is 0. The topological polar surface area (TPSA) is 108 Å². The molecule has 1 aromatic heterocycles. The van der Waals surface area contributed by atoms with Crippen LogP contribution in [-0.4, -0.2) is 16.1 Å². The number of benzene rings is 3. The second kappa shape index (κ2) is 7.76. The van der Waals surface area contributed by atoms with Crippen molar-refractivity contribution in [2.75, 3.05) is 4.90 Å². The summed E-state index contributed by atoms with van der Waals surface area (Å²) in [6, 6.07) is 26.5. The number of nitrogens with two attached hydrogens (primary N) is 1. The molecule has 0 saturated carbocycles. The molecule has 0 aliphatic carbocycles. The maximum atomic E-state index is 14.6. The smallest absolute Gasteiger partial charge is 0.248 e. The number of rotatable bonds is 3. The Balaban J connectivity index is 1.65. The van der Waals surface area contributed by atoms with E-state index in [9.17, 15) is 10.1 Å². The number of aromatic amines is 1. The Morgan fingerprint density at radius 1 is 1.06 bits per heavy atom. The third-order valence-electron chi connectivity index (χ3n) is 6.56. The normalized spacial score (nSPS) is 18.3. The van der Waals surface area contributed by atoms with E-state index >= 15 is 0 Å². The molecule has 0 radical (unpaired) electrons. The van der Waals surface area contributed by atoms with Crippen molar-refractivity contribution < 1.29 is 9.53 Å². The minimum atomic E-state index is -1.53. The highest BCUT2D eigenvalue weighted by molar-refractivity contribution is 6.31. The summed E-state index contributed by atoms with van der Waals surface area (Å²) in [5.74, 6) is -0.293. The molecule has 7 nitrogen and oxygen atoms in total. The van der Waals surface area contributed by atoms with E-state index in [1.165, 1.54) is 0 Å². The summed E-state index contributed by atoms with van der Waals surface area (Å²) >= 11 is 6.45. The fourth-order valence-electron chi connectivity index (χ4n) is 5.06. The van der Waals surface area contributed by atoms with Crippen LogP contribution in [0.5, 0.6) is 5.88 Å². The van der Waals surface area contributed by atoms with Gasteiger partial charge >= 0.3 is 0 Å². The van der Waals surface area contributed by atoms with Crippen molar-refractivity contribution in [3.8, 4) is 23.2 Å². The molecule has 0 unspecified atom stereocenters. The number of amides is 1. The maximum absolute atomic E-state index is 14.6. The van der Waals surface area contributed by atoms with E-state index in [-0.39, 0.29) is 29.8 Å². The van der Waals surface area contributed by atoms with Gasteiger partial charge in [0.2, 0.25) is 17.7 Å². The van der Waals surface area contributed by atoms with Crippen LogP contribution in [0.15, 0.2) is 90.3 Å². The predicted octanol–water partition coefficient (Wildman–Crippen LogP) is 4.65. The third-order valence-corrected chi connectivity index (χ3v) is 6.93. The van der Waals surface area contributed by atoms with Gasteiger partial charge < -0.3 is 15.4 Å². The van der Waals surface area contributed by atoms with Gasteiger partial charge in [-0.2, -0.15) is 5.26 Å². The molecular formula is C27H18ClN5O2. The Morgan fingerprint density at radius 2 is 1.77 bits per heavy atom. The van der Waals surface area contributed by atoms with Crippen molar-refractivity contribution in [2.24, 2.45) is 5.73 Å². The summed E-state index contributed by atoms with van der Waals surface area (Å²) in [5.41, 5.74) is 8.69. The van der Waals surface area contributed by atoms with Gasteiger partial charge in [0, 0.05) is 21.8 Å². The summed E-state index contributed by atoms with van der Waals surface area (Å²) in [5, 5.41) is 18.2. The number of nitriles is 1. The van der Waals surface area contributed by atoms with Gasteiger partial charge in [0.15, 0.2) is 0 Å². The van der Waals surface area contributed by atoms with E-state index < -0.39 is 5.41 Å². The van der Waals surface area contributed by atoms with Gasteiger partial charge in [-0.1, -0.05) is 78.3 Å². The van der Waals surface area contributed by atoms with E-state index in [1.807, 2.05) is 72.8 Å². The molecule has 170 valence electrons. The zero-order chi connectivity index (χ0) is 24.2. The summed E-state index contributed by atoms with van der Waals surface area (Å²) in [4.78, 5) is 16.2. The fourth-order valence-corrected chi connectivity index (χ4v) is 5.25. The quantitative estimate of drug-likeness (QED) is 0.444. The van der Waals surface area contributed by atoms with Crippen molar-refractivity contribution in [3.63, 3.8) is 0 Å². The molecule has 3 N–H and O–H groups in total. The van der Waals surface area contributed by atoms with E-state index in [1.54, 1.807) is 11.0 Å². The average Bonchev–Trinajstić information content (AvgIpc) is 3.40. The number of fused-ring (bicyclic) bond motifs is 4. The van der Waals surface area contributed by atoms with Gasteiger partial charge in [-0.15, -0.1) is 5.10 Å². The van der Waals surface area contributed by atoms with Crippen LogP contribution in [0.3, 0.4) is 0 Å². The van der Waals surface area contributed by atoms with Crippen LogP contribution >= 0.6 is 11.6 Å². The number of anilines is 1. The summed E-state index contributed by atoms with van der Waals surface area (Å²) in [7, 11) is 0. The molecule has 3 heterocycles. The first-order chi connectivity index (χ1) is 17.1. The number of nitrogens with zero attached hydrogens (tertiary/aromatic N) is 3. The molecule has 2 aliphatic rings. The first-order valence-corrected chi connectivity index (χ1v) is 11.3. The molecule has 35 heavy (non-hydrogen) atoms. The number of carbonyl (C=O) groups excluding carboxylic acids is 1. The average molecular weight is 480 g/mol. The highest BCUT2D eigenvalue weighted by Gasteiger charge is 2.61. The van der Waals surface area contributed by atoms with Crippen molar-refractivity contribution in [1.29, 1.82) is 5.26 Å². The van der Waals surface area contributed by atoms with Gasteiger partial charge in [0.25, 0.3) is 0 Å². The highest BCUT2D eigenvalue weighted by atomic mass is 35.5. The number of halogens is 1. The van der Waals surface area contributed by atoms with Crippen LogP contribution < -0.4 is 15.4 Å². The van der Waals surface area contributed by atoms with Gasteiger partial charge in [-0.05, 0) is 17.7 Å². The lowest BCUT2D eigenvalue weighted by atomic mass is 9.68. The molecular weight excluding hydrogens is 462 g/mol. The van der Waals surface area contributed by atoms with Crippen LogP contribution in [0.1, 0.15) is 16.7 Å². The van der Waals surface area contributed by atoms with Gasteiger partial charge in [-0.3, -0.25) is 9.89 Å². The molecule has 0 saturated heterocycles. The molecule has 4 aromatic rings. The number of hydrogen-bond donors (Lipinski definition) is 2. The number of ether oxygens (including phenoxy) is 1. The van der Waals surface area contributed by atoms with Crippen LogP contribution in [0.2, 0.25) is 5.02 Å². The molecule has 3 aromatic carbocycles. The van der Waals surface area contributed by atoms with Crippen LogP contribution in [0, 0.1) is 11.3 Å². The standard InChI is InChI=1S/C27H18ClN5O2/c28-20-12-6-4-10-17(20)15-33-21-13-7-5-11-18(21)27(26(33)34)19(14-29)24(30)35-25-22(27)23(31-32-25)16-8-2-1-3-9-16/h1-13H,15,30H2,(H,31,32)/t27-/m0/s1. The van der Waals surface area contributed by atoms with E-state index in [0.717, 1.165) is 11.1 Å². The lowest BCUT2D eigenvalue weighted by molar-refractivity contribution is -0.121. The second-order valence-corrected chi connectivity index (χ2v) is 8.75. The molecule has 1 spiro atoms. The molecule has 1 atom stereocenters. The first kappa shape index (κ1) is 21.0. The number of nitrogens with one attached hydrogen (secondary N) is 1. The van der Waals surface area contributed by atoms with E-state index in [2.05, 4.69) is 16.3 Å². The zero-order valence-electron chi connectivity index (χ0n) is 18.3. The Bertz CT molecular complexity index is 1570. The monoisotopic (exact) mass is 479 g/mol. The molecule has 6 rings (SSSR count). The van der Waals surface area contributed by atoms with Gasteiger partial charge in [0.1, 0.15) is 17.1 Å². The van der Waals surface area contributed by atoms with Crippen LogP contribution in [0.25, 0.3) is 11.3 Å². The lowest BCUT2D eigenvalue weighted by Gasteiger charge is -2.33. The van der Waals surface area contributed by atoms with Crippen LogP contribution in [0.4, 0.5) is 5.69 Å². The largest absolute Gasteiger partial charge is 0.420 e. The SMILES string of the molecule is N#CC1=C(N)Oc2n[nH]c(-c3ccccc3)c2[C@@]12C(=O)N(Cc1ccccc1Cl)c1ccccc12. The molecule has 8 heteroatoms. The van der Waals surface area contributed by atoms with Crippen LogP contribution in [-0.2, 0) is 16.8 Å². The van der Waals surface area contributed by atoms with Crippen molar-refractivity contribution in [2.45, 2.75) is 12.0 Å². The van der Waals surface area contributed by atoms with Gasteiger partial charge in [-0.25, -0.2) is 0 Å². The second-order valence-electron chi connectivity index (χ2n) is 8.35. The molecule has 1 amide bonds. The highest BCUT2D eigenvalue weighted by Crippen LogP contribution is 2.57. The number of hydrogen-bond acceptors (Lipinski definition) is 5. The summed E-state index contributed by atoms with van der Waals surface area (Å²) in [6.45, 7) is 0.227. The molecule has 2 aliphatic heterocycles. The number of aromatic nitrogens is 2. The lowest BCUT2D eigenvalue weighted by Crippen LogP contribution is -2.45. The van der Waals surface area contributed by atoms with E-state index in [0.29, 0.717) is 27.5 Å². The number of carbonyl (C=O) groups is 1. The molecule has 0 fully saturated rings. The first-order valence-electron chi connectivity index (χ1n) is 10.9. The number of H-pyrrole nitrogens is 1. The maximum Gasteiger partial charge on any atom is 0.248 e. The van der Waals surface area contributed by atoms with Crippen molar-refractivity contribution >= 4 is 23.2 Å². The van der Waals surface area contributed by atoms with E-state index in [4.69, 9.17) is 22.1 Å². The fraction of sp³-hybridized carbons (Fsp3) is 0.0741. The molecule has 0 bridgehead atoms. The third kappa shape index (κ3) is 2.84. The Kier molecular flexibility index (Phi) is 4.66. The Labute approximate surface area is 206 Å².